The van der Waals surface area contributed by atoms with Crippen molar-refractivity contribution < 1.29 is 8.78 Å². The molecule has 1 atom stereocenters. The maximum Gasteiger partial charge on any atom is 0.142 e. The maximum absolute atomic E-state index is 13.4. The minimum Gasteiger partial charge on any atom is -0.323 e. The summed E-state index contributed by atoms with van der Waals surface area (Å²) < 4.78 is 27.5. The first-order chi connectivity index (χ1) is 10.0. The van der Waals surface area contributed by atoms with Gasteiger partial charge in [0.15, 0.2) is 0 Å². The van der Waals surface area contributed by atoms with Crippen molar-refractivity contribution >= 4 is 33.0 Å². The average molecular weight is 324 g/mol. The molecular weight excluding hydrogens is 312 g/mol. The van der Waals surface area contributed by atoms with Gasteiger partial charge in [-0.2, -0.15) is 0 Å². The first-order valence-corrected chi connectivity index (χ1v) is 7.61. The molecule has 0 aliphatic rings. The van der Waals surface area contributed by atoms with E-state index in [9.17, 15) is 8.78 Å². The number of nitrogens with two attached hydrogens (primary N) is 1. The second-order valence-corrected chi connectivity index (χ2v) is 6.41. The van der Waals surface area contributed by atoms with Gasteiger partial charge < -0.3 is 5.73 Å². The Morgan fingerprint density at radius 1 is 1.10 bits per heavy atom. The van der Waals surface area contributed by atoms with Gasteiger partial charge in [0, 0.05) is 15.6 Å². The molecule has 3 aromatic rings. The molecular formula is C16H12ClF2NS. The Labute approximate surface area is 130 Å². The van der Waals surface area contributed by atoms with E-state index in [0.717, 1.165) is 20.5 Å². The third-order valence-electron chi connectivity index (χ3n) is 3.31. The van der Waals surface area contributed by atoms with Crippen molar-refractivity contribution in [1.29, 1.82) is 0 Å². The Kier molecular flexibility index (Phi) is 3.93. The summed E-state index contributed by atoms with van der Waals surface area (Å²) in [4.78, 5) is 0.950. The molecule has 0 fully saturated rings. The van der Waals surface area contributed by atoms with E-state index in [1.54, 1.807) is 12.1 Å². The third-order valence-corrected chi connectivity index (χ3v) is 4.84. The molecule has 0 bridgehead atoms. The largest absolute Gasteiger partial charge is 0.323 e. The van der Waals surface area contributed by atoms with Crippen LogP contribution >= 0.6 is 22.9 Å². The maximum atomic E-state index is 13.4. The number of thiophene rings is 1. The molecule has 1 nitrogen and oxygen atoms in total. The van der Waals surface area contributed by atoms with Gasteiger partial charge in [-0.25, -0.2) is 8.78 Å². The summed E-state index contributed by atoms with van der Waals surface area (Å²) in [6.45, 7) is 0. The number of fused-ring (bicyclic) bond motifs is 1. The molecule has 1 unspecified atom stereocenters. The highest BCUT2D eigenvalue weighted by Gasteiger charge is 2.12. The summed E-state index contributed by atoms with van der Waals surface area (Å²) >= 11 is 7.12. The first kappa shape index (κ1) is 14.4. The summed E-state index contributed by atoms with van der Waals surface area (Å²) in [5.74, 6) is -0.705. The molecule has 0 radical (unpaired) electrons. The average Bonchev–Trinajstić information content (AvgIpc) is 2.86. The number of hydrogen-bond acceptors (Lipinski definition) is 2. The van der Waals surface area contributed by atoms with Gasteiger partial charge in [-0.05, 0) is 47.7 Å². The van der Waals surface area contributed by atoms with Crippen molar-refractivity contribution in [3.63, 3.8) is 0 Å². The van der Waals surface area contributed by atoms with Crippen LogP contribution in [-0.2, 0) is 6.42 Å². The highest BCUT2D eigenvalue weighted by atomic mass is 35.5. The molecule has 2 N–H and O–H groups in total. The fourth-order valence-corrected chi connectivity index (χ4v) is 3.44. The molecule has 0 aliphatic heterocycles. The minimum absolute atomic E-state index is 0.102. The minimum atomic E-state index is -0.445. The van der Waals surface area contributed by atoms with Gasteiger partial charge in [-0.15, -0.1) is 11.3 Å². The summed E-state index contributed by atoms with van der Waals surface area (Å²) in [5, 5.41) is 1.07. The van der Waals surface area contributed by atoms with Crippen LogP contribution in [0.3, 0.4) is 0 Å². The molecule has 0 saturated carbocycles. The van der Waals surface area contributed by atoms with Gasteiger partial charge >= 0.3 is 0 Å². The molecule has 0 amide bonds. The predicted molar refractivity (Wildman–Crippen MR) is 83.8 cm³/mol. The molecule has 0 saturated heterocycles. The van der Waals surface area contributed by atoms with E-state index in [2.05, 4.69) is 0 Å². The Bertz CT molecular complexity index is 800. The van der Waals surface area contributed by atoms with Crippen molar-refractivity contribution in [2.75, 3.05) is 0 Å². The van der Waals surface area contributed by atoms with Crippen molar-refractivity contribution in [3.05, 3.63) is 69.6 Å². The van der Waals surface area contributed by atoms with Crippen LogP contribution in [0.15, 0.2) is 42.5 Å². The summed E-state index contributed by atoms with van der Waals surface area (Å²) in [6, 6.07) is 11.0. The molecule has 2 aromatic carbocycles. The van der Waals surface area contributed by atoms with Crippen LogP contribution < -0.4 is 5.73 Å². The van der Waals surface area contributed by atoms with E-state index in [-0.39, 0.29) is 16.9 Å². The number of halogens is 3. The Balaban J connectivity index is 1.85. The fourth-order valence-electron chi connectivity index (χ4n) is 2.23. The summed E-state index contributed by atoms with van der Waals surface area (Å²) in [7, 11) is 0. The van der Waals surface area contributed by atoms with E-state index in [4.69, 9.17) is 17.3 Å². The van der Waals surface area contributed by atoms with Crippen LogP contribution in [0.5, 0.6) is 0 Å². The van der Waals surface area contributed by atoms with Crippen LogP contribution in [0, 0.1) is 11.6 Å². The number of benzene rings is 2. The van der Waals surface area contributed by atoms with Crippen molar-refractivity contribution in [1.82, 2.24) is 0 Å². The van der Waals surface area contributed by atoms with E-state index < -0.39 is 5.82 Å². The van der Waals surface area contributed by atoms with Gasteiger partial charge in [-0.3, -0.25) is 0 Å². The Morgan fingerprint density at radius 2 is 1.90 bits per heavy atom. The SMILES string of the molecule is NC(Cc1ccc(Cl)c(F)c1)c1cc2ccc(F)cc2s1. The summed E-state index contributed by atoms with van der Waals surface area (Å²) in [5.41, 5.74) is 6.96. The topological polar surface area (TPSA) is 26.0 Å². The molecule has 1 heterocycles. The lowest BCUT2D eigenvalue weighted by atomic mass is 10.0. The van der Waals surface area contributed by atoms with Crippen LogP contribution in [0.25, 0.3) is 10.1 Å². The van der Waals surface area contributed by atoms with Crippen LogP contribution in [0.2, 0.25) is 5.02 Å². The van der Waals surface area contributed by atoms with Gasteiger partial charge in [0.25, 0.3) is 0 Å². The first-order valence-electron chi connectivity index (χ1n) is 6.41. The molecule has 0 aliphatic carbocycles. The van der Waals surface area contributed by atoms with Gasteiger partial charge in [0.05, 0.1) is 5.02 Å². The van der Waals surface area contributed by atoms with Gasteiger partial charge in [0.2, 0.25) is 0 Å². The zero-order valence-corrected chi connectivity index (χ0v) is 12.5. The normalized spacial score (nSPS) is 12.8. The zero-order chi connectivity index (χ0) is 15.0. The molecule has 0 spiro atoms. The van der Waals surface area contributed by atoms with Crippen molar-refractivity contribution in [2.24, 2.45) is 5.73 Å². The second-order valence-electron chi connectivity index (χ2n) is 4.89. The molecule has 21 heavy (non-hydrogen) atoms. The van der Waals surface area contributed by atoms with E-state index >= 15 is 0 Å². The molecule has 3 rings (SSSR count). The highest BCUT2D eigenvalue weighted by molar-refractivity contribution is 7.19. The molecule has 1 aromatic heterocycles. The van der Waals surface area contributed by atoms with Crippen molar-refractivity contribution in [2.45, 2.75) is 12.5 Å². The molecule has 108 valence electrons. The summed E-state index contributed by atoms with van der Waals surface area (Å²) in [6.07, 6.45) is 0.503. The zero-order valence-electron chi connectivity index (χ0n) is 10.9. The fraction of sp³-hybridized carbons (Fsp3) is 0.125. The van der Waals surface area contributed by atoms with Crippen LogP contribution in [-0.4, -0.2) is 0 Å². The van der Waals surface area contributed by atoms with E-state index in [0.29, 0.717) is 6.42 Å². The lowest BCUT2D eigenvalue weighted by Gasteiger charge is -2.09. The van der Waals surface area contributed by atoms with E-state index in [1.165, 1.54) is 35.6 Å². The highest BCUT2D eigenvalue weighted by Crippen LogP contribution is 2.31. The number of hydrogen-bond donors (Lipinski definition) is 1. The molecule has 5 heteroatoms. The van der Waals surface area contributed by atoms with Gasteiger partial charge in [0.1, 0.15) is 11.6 Å². The third kappa shape index (κ3) is 3.07. The quantitative estimate of drug-likeness (QED) is 0.715. The lowest BCUT2D eigenvalue weighted by Crippen LogP contribution is -2.11. The smallest absolute Gasteiger partial charge is 0.142 e. The van der Waals surface area contributed by atoms with Crippen molar-refractivity contribution in [3.8, 4) is 0 Å². The van der Waals surface area contributed by atoms with E-state index in [1.807, 2.05) is 6.07 Å². The lowest BCUT2D eigenvalue weighted by molar-refractivity contribution is 0.623. The van der Waals surface area contributed by atoms with Crippen LogP contribution in [0.4, 0.5) is 8.78 Å². The predicted octanol–water partition coefficient (Wildman–Crippen LogP) is 5.08. The Morgan fingerprint density at radius 3 is 2.67 bits per heavy atom. The second kappa shape index (κ2) is 5.72. The Hall–Kier alpha value is -1.49. The van der Waals surface area contributed by atoms with Crippen LogP contribution in [0.1, 0.15) is 16.5 Å². The van der Waals surface area contributed by atoms with Gasteiger partial charge in [-0.1, -0.05) is 23.7 Å². The monoisotopic (exact) mass is 323 g/mol. The standard InChI is InChI=1S/C16H12ClF2NS/c17-12-4-1-9(5-13(12)19)6-14(20)16-7-10-2-3-11(18)8-15(10)21-16/h1-5,7-8,14H,6,20H2. The number of rotatable bonds is 3.